The molecule has 2 aliphatic heterocycles. The highest BCUT2D eigenvalue weighted by molar-refractivity contribution is 6.02. The lowest BCUT2D eigenvalue weighted by molar-refractivity contribution is -0.00461. The number of nitrogens with one attached hydrogen (secondary N) is 1. The fourth-order valence-electron chi connectivity index (χ4n) is 3.98. The average molecular weight is 372 g/mol. The molecule has 0 saturated carbocycles. The van der Waals surface area contributed by atoms with E-state index in [4.69, 9.17) is 9.47 Å². The Morgan fingerprint density at radius 1 is 1.19 bits per heavy atom. The molecule has 4 heterocycles. The van der Waals surface area contributed by atoms with E-state index in [0.717, 1.165) is 5.69 Å². The number of likely N-dealkylation sites (tertiary alicyclic amines) is 1. The van der Waals surface area contributed by atoms with E-state index in [9.17, 15) is 9.59 Å². The van der Waals surface area contributed by atoms with Crippen molar-refractivity contribution in [2.75, 3.05) is 26.3 Å². The fraction of sp³-hybridized carbons (Fsp3) is 0.526. The Morgan fingerprint density at radius 3 is 2.37 bits per heavy atom. The third kappa shape index (κ3) is 3.19. The number of aromatic nitrogens is 3. The highest BCUT2D eigenvalue weighted by atomic mass is 16.6. The summed E-state index contributed by atoms with van der Waals surface area (Å²) in [5, 5.41) is 4.26. The Hall–Kier alpha value is -2.45. The molecule has 144 valence electrons. The van der Waals surface area contributed by atoms with Gasteiger partial charge in [-0.25, -0.2) is 0 Å². The van der Waals surface area contributed by atoms with Crippen molar-refractivity contribution in [2.24, 2.45) is 0 Å². The maximum absolute atomic E-state index is 13.1. The first-order chi connectivity index (χ1) is 13.0. The molecule has 2 saturated heterocycles. The van der Waals surface area contributed by atoms with Gasteiger partial charge < -0.3 is 19.4 Å². The predicted octanol–water partition coefficient (Wildman–Crippen LogP) is 1.51. The number of nitrogens with zero attached hydrogens (tertiary/aromatic N) is 3. The summed E-state index contributed by atoms with van der Waals surface area (Å²) < 4.78 is 13.9. The number of carbonyl (C=O) groups is 2. The van der Waals surface area contributed by atoms with Crippen LogP contribution in [-0.4, -0.2) is 69.9 Å². The number of fused-ring (bicyclic) bond motifs is 1. The number of ketones is 1. The number of ether oxygens (including phenoxy) is 2. The average Bonchev–Trinajstić information content (AvgIpc) is 3.33. The summed E-state index contributed by atoms with van der Waals surface area (Å²) in [7, 11) is 0. The van der Waals surface area contributed by atoms with Gasteiger partial charge in [0.1, 0.15) is 12.2 Å². The molecule has 0 aliphatic carbocycles. The number of hydrogen-bond donors (Lipinski definition) is 1. The number of aromatic amines is 1. The van der Waals surface area contributed by atoms with Crippen molar-refractivity contribution in [3.63, 3.8) is 0 Å². The third-order valence-electron chi connectivity index (χ3n) is 5.41. The van der Waals surface area contributed by atoms with E-state index < -0.39 is 0 Å². The molecule has 4 rings (SSSR count). The molecule has 27 heavy (non-hydrogen) atoms. The van der Waals surface area contributed by atoms with Gasteiger partial charge in [-0.15, -0.1) is 0 Å². The lowest BCUT2D eigenvalue weighted by Gasteiger charge is -2.19. The monoisotopic (exact) mass is 372 g/mol. The van der Waals surface area contributed by atoms with Gasteiger partial charge in [-0.05, 0) is 25.5 Å². The summed E-state index contributed by atoms with van der Waals surface area (Å²) in [6.07, 6.45) is 3.34. The summed E-state index contributed by atoms with van der Waals surface area (Å²) in [5.74, 6) is -0.157. The maximum atomic E-state index is 13.1. The lowest BCUT2D eigenvalue weighted by Crippen LogP contribution is -2.32. The number of Topliss-reactive ketones (excluding diaryl/α,β-unsaturated/α-hetero) is 1. The van der Waals surface area contributed by atoms with Crippen LogP contribution >= 0.6 is 0 Å². The van der Waals surface area contributed by atoms with Crippen molar-refractivity contribution in [1.29, 1.82) is 0 Å². The standard InChI is InChI=1S/C19H24N4O4/c1-11-17(12(2)21-18(11)13(3)24)19(25)22-7-15-16(8-22)27-10-14(9-26-15)23-6-4-5-20-23/h4-6,14-16,21H,7-10H2,1-3H3/t15-,16-/m0/s1. The topological polar surface area (TPSA) is 89.5 Å². The van der Waals surface area contributed by atoms with Gasteiger partial charge in [0.2, 0.25) is 0 Å². The minimum Gasteiger partial charge on any atom is -0.371 e. The van der Waals surface area contributed by atoms with Gasteiger partial charge in [0, 0.05) is 38.1 Å². The van der Waals surface area contributed by atoms with Crippen LogP contribution in [0.3, 0.4) is 0 Å². The quantitative estimate of drug-likeness (QED) is 0.825. The van der Waals surface area contributed by atoms with Gasteiger partial charge in [0.05, 0.1) is 30.5 Å². The van der Waals surface area contributed by atoms with Crippen LogP contribution < -0.4 is 0 Å². The molecule has 0 aromatic carbocycles. The molecule has 8 nitrogen and oxygen atoms in total. The molecule has 1 amide bonds. The van der Waals surface area contributed by atoms with E-state index in [2.05, 4.69) is 10.1 Å². The summed E-state index contributed by atoms with van der Waals surface area (Å²) in [6.45, 7) is 7.09. The molecule has 0 spiro atoms. The molecule has 2 aromatic heterocycles. The van der Waals surface area contributed by atoms with Crippen LogP contribution in [0.25, 0.3) is 0 Å². The Balaban J connectivity index is 1.47. The minimum absolute atomic E-state index is 0.0436. The maximum Gasteiger partial charge on any atom is 0.256 e. The number of carbonyl (C=O) groups excluding carboxylic acids is 2. The Bertz CT molecular complexity index is 841. The summed E-state index contributed by atoms with van der Waals surface area (Å²) >= 11 is 0. The van der Waals surface area contributed by atoms with E-state index >= 15 is 0 Å². The van der Waals surface area contributed by atoms with Gasteiger partial charge in [-0.1, -0.05) is 0 Å². The van der Waals surface area contributed by atoms with Crippen LogP contribution in [0.4, 0.5) is 0 Å². The molecule has 0 radical (unpaired) electrons. The molecule has 2 atom stereocenters. The van der Waals surface area contributed by atoms with Crippen LogP contribution in [0.15, 0.2) is 18.5 Å². The number of amides is 1. The number of H-pyrrole nitrogens is 1. The second kappa shape index (κ2) is 6.94. The second-order valence-electron chi connectivity index (χ2n) is 7.27. The largest absolute Gasteiger partial charge is 0.371 e. The van der Waals surface area contributed by atoms with Crippen LogP contribution in [-0.2, 0) is 9.47 Å². The smallest absolute Gasteiger partial charge is 0.256 e. The van der Waals surface area contributed by atoms with Gasteiger partial charge in [-0.2, -0.15) is 5.10 Å². The number of hydrogen-bond acceptors (Lipinski definition) is 5. The van der Waals surface area contributed by atoms with Gasteiger partial charge in [0.15, 0.2) is 5.78 Å². The molecule has 0 unspecified atom stereocenters. The SMILES string of the molecule is CC(=O)c1[nH]c(C)c(C(=O)N2C[C@@H]3OCC(n4cccn4)CO[C@H]3C2)c1C. The lowest BCUT2D eigenvalue weighted by atomic mass is 10.1. The van der Waals surface area contributed by atoms with Gasteiger partial charge in [0.25, 0.3) is 5.91 Å². The molecule has 2 fully saturated rings. The Kier molecular flexibility index (Phi) is 4.61. The van der Waals surface area contributed by atoms with Crippen LogP contribution in [0.2, 0.25) is 0 Å². The molecule has 0 bridgehead atoms. The molecule has 2 aliphatic rings. The van der Waals surface area contributed by atoms with Crippen molar-refractivity contribution in [1.82, 2.24) is 19.7 Å². The number of aryl methyl sites for hydroxylation is 1. The van der Waals surface area contributed by atoms with E-state index in [-0.39, 0.29) is 29.9 Å². The normalized spacial score (nSPS) is 23.3. The molecular weight excluding hydrogens is 348 g/mol. The van der Waals surface area contributed by atoms with Crippen molar-refractivity contribution in [3.8, 4) is 0 Å². The molecular formula is C19H24N4O4. The van der Waals surface area contributed by atoms with Crippen molar-refractivity contribution in [2.45, 2.75) is 39.0 Å². The van der Waals surface area contributed by atoms with E-state index in [1.807, 2.05) is 30.8 Å². The van der Waals surface area contributed by atoms with Gasteiger partial charge in [-0.3, -0.25) is 14.3 Å². The summed E-state index contributed by atoms with van der Waals surface area (Å²) in [5.41, 5.74) is 2.50. The van der Waals surface area contributed by atoms with E-state index in [1.54, 1.807) is 11.1 Å². The third-order valence-corrected chi connectivity index (χ3v) is 5.41. The van der Waals surface area contributed by atoms with Crippen LogP contribution in [0.1, 0.15) is 45.1 Å². The van der Waals surface area contributed by atoms with Crippen LogP contribution in [0.5, 0.6) is 0 Å². The molecule has 8 heteroatoms. The second-order valence-corrected chi connectivity index (χ2v) is 7.27. The zero-order valence-electron chi connectivity index (χ0n) is 15.8. The molecule has 2 aromatic rings. The van der Waals surface area contributed by atoms with Crippen LogP contribution in [0, 0.1) is 13.8 Å². The molecule has 1 N–H and O–H groups in total. The number of rotatable bonds is 3. The Morgan fingerprint density at radius 2 is 1.85 bits per heavy atom. The highest BCUT2D eigenvalue weighted by Gasteiger charge is 2.40. The zero-order valence-corrected chi connectivity index (χ0v) is 15.8. The fourth-order valence-corrected chi connectivity index (χ4v) is 3.98. The minimum atomic E-state index is -0.152. The zero-order chi connectivity index (χ0) is 19.1. The van der Waals surface area contributed by atoms with Crippen molar-refractivity contribution in [3.05, 3.63) is 41.0 Å². The summed E-state index contributed by atoms with van der Waals surface area (Å²) in [4.78, 5) is 29.6. The predicted molar refractivity (Wildman–Crippen MR) is 96.9 cm³/mol. The Labute approximate surface area is 157 Å². The van der Waals surface area contributed by atoms with Crippen molar-refractivity contribution >= 4 is 11.7 Å². The highest BCUT2D eigenvalue weighted by Crippen LogP contribution is 2.27. The summed E-state index contributed by atoms with van der Waals surface area (Å²) in [6, 6.07) is 1.92. The first kappa shape index (κ1) is 17.9. The van der Waals surface area contributed by atoms with E-state index in [1.165, 1.54) is 6.92 Å². The first-order valence-corrected chi connectivity index (χ1v) is 9.17. The van der Waals surface area contributed by atoms with E-state index in [0.29, 0.717) is 43.1 Å². The first-order valence-electron chi connectivity index (χ1n) is 9.17. The van der Waals surface area contributed by atoms with Crippen molar-refractivity contribution < 1.29 is 19.1 Å². The van der Waals surface area contributed by atoms with Gasteiger partial charge >= 0.3 is 0 Å².